The molecule has 0 bridgehead atoms. The van der Waals surface area contributed by atoms with Gasteiger partial charge in [0.05, 0.1) is 0 Å². The van der Waals surface area contributed by atoms with Crippen LogP contribution in [0.5, 0.6) is 0 Å². The molecule has 0 heterocycles. The topological polar surface area (TPSA) is 29.1 Å². The summed E-state index contributed by atoms with van der Waals surface area (Å²) in [4.78, 5) is 13.1. The molecule has 0 radical (unpaired) electrons. The first-order valence-electron chi connectivity index (χ1n) is 9.91. The molecule has 2 aromatic rings. The molecule has 0 aromatic heterocycles. The zero-order valence-electron chi connectivity index (χ0n) is 15.9. The van der Waals surface area contributed by atoms with Crippen molar-refractivity contribution in [2.75, 3.05) is 0 Å². The van der Waals surface area contributed by atoms with Crippen LogP contribution in [0.25, 0.3) is 11.1 Å². The van der Waals surface area contributed by atoms with Gasteiger partial charge < -0.3 is 0 Å². The molecule has 0 aliphatic heterocycles. The van der Waals surface area contributed by atoms with Crippen LogP contribution in [0, 0.1) is 5.92 Å². The van der Waals surface area contributed by atoms with Gasteiger partial charge in [-0.2, -0.15) is 0 Å². The first-order chi connectivity index (χ1) is 12.8. The predicted molar refractivity (Wildman–Crippen MR) is 115 cm³/mol. The van der Waals surface area contributed by atoms with Crippen molar-refractivity contribution in [3.8, 4) is 11.1 Å². The molecule has 2 nitrogen and oxygen atoms in total. The van der Waals surface area contributed by atoms with Crippen LogP contribution in [-0.4, -0.2) is 11.9 Å². The van der Waals surface area contributed by atoms with Crippen molar-refractivity contribution in [2.24, 2.45) is 5.92 Å². The van der Waals surface area contributed by atoms with Gasteiger partial charge >= 0.3 is 172 Å². The maximum absolute atomic E-state index is 13.1. The van der Waals surface area contributed by atoms with Crippen molar-refractivity contribution in [1.29, 1.82) is 0 Å². The molecule has 27 heavy (non-hydrogen) atoms. The number of halogens is 2. The van der Waals surface area contributed by atoms with E-state index in [1.165, 1.54) is 22.3 Å². The minimum absolute atomic E-state index is 0.0831. The summed E-state index contributed by atoms with van der Waals surface area (Å²) in [7, 11) is 14.9. The number of nitrogens with one attached hydrogen (secondary N) is 1. The Labute approximate surface area is 170 Å². The summed E-state index contributed by atoms with van der Waals surface area (Å²) in [6.07, 6.45) is 5.04. The Kier molecular flexibility index (Phi) is 5.24. The van der Waals surface area contributed by atoms with E-state index in [1.54, 1.807) is 0 Å². The average Bonchev–Trinajstić information content (AvgIpc) is 3.29. The molecule has 0 spiro atoms. The number of rotatable bonds is 4. The number of benzene rings is 2. The molecule has 1 saturated carbocycles. The number of hydrogen-bond donors (Lipinski definition) is 1. The van der Waals surface area contributed by atoms with Crippen LogP contribution in [-0.2, 0) is 26.8 Å². The quantitative estimate of drug-likeness (QED) is 0.425. The van der Waals surface area contributed by atoms with Gasteiger partial charge in [-0.05, 0) is 0 Å². The number of amides is 1. The summed E-state index contributed by atoms with van der Waals surface area (Å²) in [5.74, 6) is -1.37. The van der Waals surface area contributed by atoms with Gasteiger partial charge in [-0.15, -0.1) is 0 Å². The molecule has 2 aliphatic carbocycles. The van der Waals surface area contributed by atoms with Gasteiger partial charge in [0.25, 0.3) is 0 Å². The van der Waals surface area contributed by atoms with Crippen molar-refractivity contribution in [3.05, 3.63) is 53.6 Å². The van der Waals surface area contributed by atoms with Crippen LogP contribution in [0.2, 0.25) is 13.1 Å². The molecule has 1 fully saturated rings. The van der Waals surface area contributed by atoms with Crippen molar-refractivity contribution in [3.63, 3.8) is 0 Å². The van der Waals surface area contributed by atoms with E-state index in [0.717, 1.165) is 35.4 Å². The Balaban J connectivity index is 1.80. The fourth-order valence-electron chi connectivity index (χ4n) is 4.63. The maximum atomic E-state index is 13.1. The van der Waals surface area contributed by atoms with E-state index in [-0.39, 0.29) is 11.8 Å². The van der Waals surface area contributed by atoms with E-state index in [4.69, 9.17) is 17.2 Å². The number of carbonyl (C=O) groups is 1. The number of carbonyl (C=O) groups excluding carboxylic acids is 1. The Morgan fingerprint density at radius 1 is 1.04 bits per heavy atom. The molecule has 6 heteroatoms. The van der Waals surface area contributed by atoms with Crippen LogP contribution in [0.15, 0.2) is 42.5 Å². The standard InChI is InChI=1S/C13H9.C6H11NO.C2H7Si.2ClH.Hf/c1-3-7-12-10(5-1)9-11-6-2-4-8-13(11)12;7-6(8)5-3-1-2-4-5;1-3-2;;;/h1-5,7-8H,9H2;5H,1-4H2,(H2,7,8);3H,1-2H3;2*1H;/q;;;;;+3/p-3. The molecule has 1 amide bonds. The van der Waals surface area contributed by atoms with Crippen molar-refractivity contribution in [1.82, 2.24) is 3.30 Å². The third-order valence-electron chi connectivity index (χ3n) is 6.44. The number of hydrogen-bond acceptors (Lipinski definition) is 1. The SMILES string of the molecule is C[SiH](C)[Hf]([Cl])([Cl])([NH]C(=O)C1CCCC1)[c]1cccc2c1Cc1ccccc1-2. The summed E-state index contributed by atoms with van der Waals surface area (Å²) in [6, 6.07) is 14.8. The molecule has 2 aromatic carbocycles. The molecular formula is C21H26Cl2HfNOSi. The van der Waals surface area contributed by atoms with Gasteiger partial charge in [-0.1, -0.05) is 0 Å². The minimum atomic E-state index is -4.78. The van der Waals surface area contributed by atoms with E-state index in [9.17, 15) is 4.79 Å². The normalized spacial score (nSPS) is 18.0. The molecule has 143 valence electrons. The van der Waals surface area contributed by atoms with E-state index >= 15 is 0 Å². The Hall–Kier alpha value is -0.423. The summed E-state index contributed by atoms with van der Waals surface area (Å²) in [6.45, 7) is 4.40. The Morgan fingerprint density at radius 2 is 1.70 bits per heavy atom. The first-order valence-corrected chi connectivity index (χ1v) is 31.5. The second-order valence-corrected chi connectivity index (χ2v) is 63.6. The Bertz CT molecular complexity index is 909. The summed E-state index contributed by atoms with van der Waals surface area (Å²) >= 11 is -4.78. The van der Waals surface area contributed by atoms with Crippen LogP contribution >= 0.6 is 17.2 Å². The fourth-order valence-corrected chi connectivity index (χ4v) is 30.2. The zero-order chi connectivity index (χ0) is 19.3. The third kappa shape index (κ3) is 3.31. The molecule has 0 atom stereocenters. The Morgan fingerprint density at radius 3 is 2.41 bits per heavy atom. The van der Waals surface area contributed by atoms with Crippen LogP contribution in [0.3, 0.4) is 0 Å². The fraction of sp³-hybridized carbons (Fsp3) is 0.381. The van der Waals surface area contributed by atoms with Gasteiger partial charge in [-0.3, -0.25) is 0 Å². The molecule has 0 unspecified atom stereocenters. The van der Waals surface area contributed by atoms with Gasteiger partial charge in [0, 0.05) is 0 Å². The van der Waals surface area contributed by atoms with E-state index in [1.807, 2.05) is 0 Å². The van der Waals surface area contributed by atoms with Gasteiger partial charge in [0.15, 0.2) is 0 Å². The van der Waals surface area contributed by atoms with Gasteiger partial charge in [0.2, 0.25) is 0 Å². The summed E-state index contributed by atoms with van der Waals surface area (Å²) < 4.78 is 4.44. The second-order valence-electron chi connectivity index (χ2n) is 8.37. The molecule has 0 saturated heterocycles. The van der Waals surface area contributed by atoms with Crippen LogP contribution in [0.1, 0.15) is 36.8 Å². The molecule has 1 N–H and O–H groups in total. The van der Waals surface area contributed by atoms with Crippen molar-refractivity contribution < 1.29 is 20.4 Å². The first kappa shape index (κ1) is 19.9. The molecular weight excluding hydrogens is 560 g/mol. The van der Waals surface area contributed by atoms with Crippen molar-refractivity contribution >= 4 is 32.4 Å². The second kappa shape index (κ2) is 7.12. The van der Waals surface area contributed by atoms with Gasteiger partial charge in [-0.25, -0.2) is 0 Å². The number of fused-ring (bicyclic) bond motifs is 3. The predicted octanol–water partition coefficient (Wildman–Crippen LogP) is 5.09. The van der Waals surface area contributed by atoms with Crippen molar-refractivity contribution in [2.45, 2.75) is 45.2 Å². The van der Waals surface area contributed by atoms with E-state index < -0.39 is 21.6 Å². The zero-order valence-corrected chi connectivity index (χ0v) is 22.2. The van der Waals surface area contributed by atoms with E-state index in [2.05, 4.69) is 58.9 Å². The average molecular weight is 586 g/mol. The van der Waals surface area contributed by atoms with Gasteiger partial charge in [0.1, 0.15) is 0 Å². The summed E-state index contributed by atoms with van der Waals surface area (Å²) in [5.41, 5.74) is 5.07. The third-order valence-corrected chi connectivity index (χ3v) is 68.1. The summed E-state index contributed by atoms with van der Waals surface area (Å²) in [5, 5.41) is 0. The monoisotopic (exact) mass is 586 g/mol. The molecule has 2 aliphatic rings. The van der Waals surface area contributed by atoms with Crippen LogP contribution in [0.4, 0.5) is 0 Å². The molecule has 4 rings (SSSR count). The van der Waals surface area contributed by atoms with E-state index in [0.29, 0.717) is 0 Å². The van der Waals surface area contributed by atoms with Crippen LogP contribution < -0.4 is 6.62 Å².